The Morgan fingerprint density at radius 2 is 1.72 bits per heavy atom. The summed E-state index contributed by atoms with van der Waals surface area (Å²) in [6.07, 6.45) is 5.32. The zero-order chi connectivity index (χ0) is 13.5. The molecule has 0 spiro atoms. The van der Waals surface area contributed by atoms with Crippen molar-refractivity contribution in [1.29, 1.82) is 0 Å². The van der Waals surface area contributed by atoms with Gasteiger partial charge < -0.3 is 15.5 Å². The zero-order valence-corrected chi connectivity index (χ0v) is 10.0. The largest absolute Gasteiger partial charge is 0.478 e. The fourth-order valence-corrected chi connectivity index (χ4v) is 1.52. The van der Waals surface area contributed by atoms with E-state index in [4.69, 9.17) is 10.2 Å². The summed E-state index contributed by atoms with van der Waals surface area (Å²) in [5.41, 5.74) is 0.335. The van der Waals surface area contributed by atoms with Gasteiger partial charge in [-0.25, -0.2) is 9.59 Å². The van der Waals surface area contributed by atoms with Crippen LogP contribution in [0.1, 0.15) is 32.7 Å². The smallest absolute Gasteiger partial charge is 0.335 e. The molecule has 5 nitrogen and oxygen atoms in total. The zero-order valence-electron chi connectivity index (χ0n) is 10.0. The Labute approximate surface area is 105 Å². The van der Waals surface area contributed by atoms with Gasteiger partial charge in [-0.05, 0) is 37.2 Å². The van der Waals surface area contributed by atoms with Crippen LogP contribution in [-0.4, -0.2) is 28.7 Å². The first-order chi connectivity index (χ1) is 8.54. The molecule has 1 aliphatic heterocycles. The van der Waals surface area contributed by atoms with E-state index in [1.165, 1.54) is 31.5 Å². The quantitative estimate of drug-likeness (QED) is 0.745. The Hall–Kier alpha value is -2.30. The van der Waals surface area contributed by atoms with Crippen LogP contribution >= 0.6 is 0 Å². The van der Waals surface area contributed by atoms with Gasteiger partial charge >= 0.3 is 11.9 Å². The van der Waals surface area contributed by atoms with E-state index in [0.717, 1.165) is 6.54 Å². The molecule has 1 aromatic rings. The molecule has 5 heteroatoms. The van der Waals surface area contributed by atoms with Gasteiger partial charge in [-0.1, -0.05) is 12.1 Å². The van der Waals surface area contributed by atoms with Gasteiger partial charge in [0.15, 0.2) is 0 Å². The van der Waals surface area contributed by atoms with Gasteiger partial charge in [-0.2, -0.15) is 0 Å². The molecule has 0 saturated heterocycles. The number of hydrogen-bond donors (Lipinski definition) is 3. The fourth-order valence-electron chi connectivity index (χ4n) is 1.52. The molecule has 0 radical (unpaired) electrons. The molecular weight excluding hydrogens is 234 g/mol. The molecule has 2 rings (SSSR count). The van der Waals surface area contributed by atoms with E-state index >= 15 is 0 Å². The van der Waals surface area contributed by atoms with E-state index in [0.29, 0.717) is 0 Å². The first-order valence-corrected chi connectivity index (χ1v) is 5.48. The Balaban J connectivity index is 0.000000269. The molecular formula is C13H15NO4. The average Bonchev–Trinajstić information content (AvgIpc) is 2.87. The minimum atomic E-state index is -1.11. The molecule has 18 heavy (non-hydrogen) atoms. The van der Waals surface area contributed by atoms with Crippen LogP contribution in [0, 0.1) is 6.92 Å². The number of hydrogen-bond acceptors (Lipinski definition) is 3. The van der Waals surface area contributed by atoms with E-state index in [2.05, 4.69) is 11.4 Å². The van der Waals surface area contributed by atoms with Crippen molar-refractivity contribution in [3.05, 3.63) is 47.2 Å². The summed E-state index contributed by atoms with van der Waals surface area (Å²) < 4.78 is 0. The molecule has 1 aromatic carbocycles. The Morgan fingerprint density at radius 1 is 1.17 bits per heavy atom. The Morgan fingerprint density at radius 3 is 2.00 bits per heavy atom. The predicted octanol–water partition coefficient (Wildman–Crippen LogP) is 1.88. The predicted molar refractivity (Wildman–Crippen MR) is 66.9 cm³/mol. The number of carbonyl (C=O) groups is 2. The van der Waals surface area contributed by atoms with Crippen LogP contribution in [0.4, 0.5) is 0 Å². The maximum absolute atomic E-state index is 10.6. The Kier molecular flexibility index (Phi) is 4.92. The van der Waals surface area contributed by atoms with Crippen LogP contribution in [0.5, 0.6) is 0 Å². The summed E-state index contributed by atoms with van der Waals surface area (Å²) in [6.45, 7) is 2.62. The Bertz CT molecular complexity index is 442. The number of aromatic carboxylic acids is 2. The first-order valence-electron chi connectivity index (χ1n) is 5.48. The fraction of sp³-hybridized carbons (Fsp3) is 0.231. The number of carboxylic acids is 2. The molecule has 1 aliphatic rings. The second kappa shape index (κ2) is 6.44. The molecule has 0 aliphatic carbocycles. The first kappa shape index (κ1) is 13.8. The minimum Gasteiger partial charge on any atom is -0.478 e. The summed E-state index contributed by atoms with van der Waals surface area (Å²) in [7, 11) is 0. The molecule has 0 amide bonds. The maximum Gasteiger partial charge on any atom is 0.335 e. The highest BCUT2D eigenvalue weighted by Gasteiger charge is 2.13. The number of nitrogens with one attached hydrogen (secondary N) is 1. The number of benzene rings is 1. The van der Waals surface area contributed by atoms with Crippen molar-refractivity contribution in [3.63, 3.8) is 0 Å². The molecule has 0 aromatic heterocycles. The number of rotatable bonds is 2. The molecule has 0 bridgehead atoms. The molecule has 0 fully saturated rings. The monoisotopic (exact) mass is 249 g/mol. The lowest BCUT2D eigenvalue weighted by Gasteiger charge is -2.03. The van der Waals surface area contributed by atoms with Gasteiger partial charge in [0.1, 0.15) is 0 Å². The van der Waals surface area contributed by atoms with E-state index < -0.39 is 11.9 Å². The third-order valence-corrected chi connectivity index (χ3v) is 2.49. The van der Waals surface area contributed by atoms with Crippen LogP contribution in [0.15, 0.2) is 30.5 Å². The summed E-state index contributed by atoms with van der Waals surface area (Å²) in [6, 6.07) is 4.17. The van der Waals surface area contributed by atoms with Crippen molar-refractivity contribution in [2.45, 2.75) is 13.3 Å². The maximum atomic E-state index is 10.6. The van der Waals surface area contributed by atoms with Crippen molar-refractivity contribution in [3.8, 4) is 0 Å². The molecule has 0 atom stereocenters. The second-order valence-corrected chi connectivity index (χ2v) is 3.73. The molecule has 1 heterocycles. The van der Waals surface area contributed by atoms with Crippen LogP contribution < -0.4 is 5.32 Å². The van der Waals surface area contributed by atoms with Crippen LogP contribution in [0.25, 0.3) is 0 Å². The summed E-state index contributed by atoms with van der Waals surface area (Å²) in [5, 5.41) is 20.4. The SMILES string of the molecule is C1=CNCC1.Cc1c(C(=O)O)cccc1C(=O)O. The van der Waals surface area contributed by atoms with E-state index in [-0.39, 0.29) is 16.7 Å². The van der Waals surface area contributed by atoms with Gasteiger partial charge in [0, 0.05) is 6.54 Å². The molecule has 0 unspecified atom stereocenters. The highest BCUT2D eigenvalue weighted by atomic mass is 16.4. The lowest BCUT2D eigenvalue weighted by Crippen LogP contribution is -2.06. The van der Waals surface area contributed by atoms with Crippen molar-refractivity contribution in [2.75, 3.05) is 6.54 Å². The van der Waals surface area contributed by atoms with Crippen LogP contribution in [0.2, 0.25) is 0 Å². The van der Waals surface area contributed by atoms with E-state index in [1.807, 2.05) is 6.20 Å². The highest BCUT2D eigenvalue weighted by molar-refractivity contribution is 5.96. The second-order valence-electron chi connectivity index (χ2n) is 3.73. The van der Waals surface area contributed by atoms with Gasteiger partial charge in [0.2, 0.25) is 0 Å². The highest BCUT2D eigenvalue weighted by Crippen LogP contribution is 2.13. The summed E-state index contributed by atoms with van der Waals surface area (Å²) in [4.78, 5) is 21.2. The summed E-state index contributed by atoms with van der Waals surface area (Å²) in [5.74, 6) is -2.22. The van der Waals surface area contributed by atoms with E-state index in [1.54, 1.807) is 0 Å². The van der Waals surface area contributed by atoms with Crippen LogP contribution in [-0.2, 0) is 0 Å². The van der Waals surface area contributed by atoms with Crippen molar-refractivity contribution >= 4 is 11.9 Å². The van der Waals surface area contributed by atoms with Gasteiger partial charge in [0.05, 0.1) is 11.1 Å². The van der Waals surface area contributed by atoms with Crippen molar-refractivity contribution in [2.24, 2.45) is 0 Å². The van der Waals surface area contributed by atoms with Crippen LogP contribution in [0.3, 0.4) is 0 Å². The standard InChI is InChI=1S/C9H8O4.C4H7N/c1-5-6(8(10)11)3-2-4-7(5)9(12)13;1-2-4-5-3-1/h2-4H,1H3,(H,10,11)(H,12,13);1,3,5H,2,4H2. The third-order valence-electron chi connectivity index (χ3n) is 2.49. The lowest BCUT2D eigenvalue weighted by molar-refractivity contribution is 0.0696. The molecule has 0 saturated carbocycles. The normalized spacial score (nSPS) is 12.3. The van der Waals surface area contributed by atoms with Crippen molar-refractivity contribution < 1.29 is 19.8 Å². The van der Waals surface area contributed by atoms with E-state index in [9.17, 15) is 9.59 Å². The molecule has 96 valence electrons. The van der Waals surface area contributed by atoms with Gasteiger partial charge in [-0.15, -0.1) is 0 Å². The summed E-state index contributed by atoms with van der Waals surface area (Å²) >= 11 is 0. The van der Waals surface area contributed by atoms with Gasteiger partial charge in [0.25, 0.3) is 0 Å². The lowest BCUT2D eigenvalue weighted by atomic mass is 10.0. The average molecular weight is 249 g/mol. The van der Waals surface area contributed by atoms with Crippen molar-refractivity contribution in [1.82, 2.24) is 5.32 Å². The number of carboxylic acid groups (broad SMARTS) is 2. The topological polar surface area (TPSA) is 86.6 Å². The molecule has 3 N–H and O–H groups in total. The van der Waals surface area contributed by atoms with Gasteiger partial charge in [-0.3, -0.25) is 0 Å². The minimum absolute atomic E-state index is 0.0277. The third kappa shape index (κ3) is 3.62.